The third kappa shape index (κ3) is 4.95. The minimum Gasteiger partial charge on any atom is -0.210 e. The van der Waals surface area contributed by atoms with Gasteiger partial charge in [-0.15, -0.1) is 11.6 Å². The first-order chi connectivity index (χ1) is 8.90. The Hall–Kier alpha value is -0.290. The molecule has 0 aliphatic rings. The number of halogens is 2. The summed E-state index contributed by atoms with van der Waals surface area (Å²) >= 11 is 12.0. The lowest BCUT2D eigenvalue weighted by Gasteiger charge is -2.19. The van der Waals surface area contributed by atoms with E-state index in [0.29, 0.717) is 10.9 Å². The Labute approximate surface area is 125 Å². The molecule has 1 rings (SSSR count). The highest BCUT2D eigenvalue weighted by Crippen LogP contribution is 2.19. The van der Waals surface area contributed by atoms with E-state index in [2.05, 4.69) is 18.6 Å². The highest BCUT2D eigenvalue weighted by molar-refractivity contribution is 7.89. The van der Waals surface area contributed by atoms with E-state index in [1.165, 1.54) is 12.1 Å². The number of benzene rings is 1. The molecule has 0 heterocycles. The second-order valence-electron chi connectivity index (χ2n) is 4.40. The molecular weight excluding hydrogens is 305 g/mol. The molecule has 0 saturated carbocycles. The van der Waals surface area contributed by atoms with Crippen molar-refractivity contribution in [3.05, 3.63) is 29.3 Å². The Morgan fingerprint density at radius 2 is 1.89 bits per heavy atom. The maximum absolute atomic E-state index is 12.1. The number of rotatable bonds is 7. The average Bonchev–Trinajstić information content (AvgIpc) is 2.38. The van der Waals surface area contributed by atoms with E-state index < -0.39 is 10.0 Å². The Balaban J connectivity index is 2.71. The van der Waals surface area contributed by atoms with Crippen LogP contribution in [-0.4, -0.2) is 20.3 Å². The van der Waals surface area contributed by atoms with Gasteiger partial charge in [0.1, 0.15) is 0 Å². The maximum Gasteiger partial charge on any atom is 0.240 e. The molecule has 0 fully saturated rings. The summed E-state index contributed by atoms with van der Waals surface area (Å²) in [5.74, 6) is 0.309. The second kappa shape index (κ2) is 7.48. The predicted octanol–water partition coefficient (Wildman–Crippen LogP) is 3.66. The minimum atomic E-state index is -3.55. The van der Waals surface area contributed by atoms with Crippen LogP contribution in [0.1, 0.15) is 26.7 Å². The summed E-state index contributed by atoms with van der Waals surface area (Å²) in [4.78, 5) is 0.161. The number of nitrogens with one attached hydrogen (secondary N) is 1. The highest BCUT2D eigenvalue weighted by atomic mass is 35.5. The summed E-state index contributed by atoms with van der Waals surface area (Å²) in [5, 5.41) is 0.189. The van der Waals surface area contributed by atoms with Crippen LogP contribution in [0.4, 0.5) is 0 Å². The normalized spacial score (nSPS) is 13.7. The zero-order valence-electron chi connectivity index (χ0n) is 11.1. The molecule has 0 amide bonds. The Morgan fingerprint density at radius 3 is 2.42 bits per heavy atom. The molecule has 1 atom stereocenters. The minimum absolute atomic E-state index is 0.161. The molecule has 0 radical (unpaired) electrons. The van der Waals surface area contributed by atoms with Gasteiger partial charge in [-0.25, -0.2) is 13.1 Å². The van der Waals surface area contributed by atoms with Crippen LogP contribution >= 0.6 is 23.2 Å². The van der Waals surface area contributed by atoms with Gasteiger partial charge >= 0.3 is 0 Å². The van der Waals surface area contributed by atoms with E-state index in [4.69, 9.17) is 23.2 Å². The van der Waals surface area contributed by atoms with Gasteiger partial charge in [0.15, 0.2) is 0 Å². The van der Waals surface area contributed by atoms with E-state index >= 15 is 0 Å². The second-order valence-corrected chi connectivity index (χ2v) is 7.17. The molecule has 0 aliphatic heterocycles. The van der Waals surface area contributed by atoms with Crippen molar-refractivity contribution >= 4 is 33.2 Å². The number of hydrogen-bond donors (Lipinski definition) is 1. The van der Waals surface area contributed by atoms with Crippen molar-refractivity contribution in [2.45, 2.75) is 37.0 Å². The number of sulfonamides is 1. The van der Waals surface area contributed by atoms with E-state index in [0.717, 1.165) is 12.8 Å². The first-order valence-corrected chi connectivity index (χ1v) is 8.59. The molecule has 1 aromatic carbocycles. The van der Waals surface area contributed by atoms with Crippen LogP contribution in [0.25, 0.3) is 0 Å². The molecule has 1 N–H and O–H groups in total. The van der Waals surface area contributed by atoms with Crippen molar-refractivity contribution in [2.24, 2.45) is 5.92 Å². The SMILES string of the molecule is CCC(CC)C(Cl)CNS(=O)(=O)c1cccc(Cl)c1. The number of alkyl halides is 1. The monoisotopic (exact) mass is 323 g/mol. The quantitative estimate of drug-likeness (QED) is 0.778. The average molecular weight is 324 g/mol. The van der Waals surface area contributed by atoms with Gasteiger partial charge in [0.05, 0.1) is 4.90 Å². The zero-order chi connectivity index (χ0) is 14.5. The molecule has 1 unspecified atom stereocenters. The third-order valence-corrected chi connectivity index (χ3v) is 5.30. The lowest BCUT2D eigenvalue weighted by molar-refractivity contribution is 0.460. The molecule has 0 aromatic heterocycles. The van der Waals surface area contributed by atoms with Gasteiger partial charge in [0.25, 0.3) is 0 Å². The van der Waals surface area contributed by atoms with E-state index in [1.54, 1.807) is 12.1 Å². The van der Waals surface area contributed by atoms with Crippen molar-refractivity contribution in [1.29, 1.82) is 0 Å². The van der Waals surface area contributed by atoms with Gasteiger partial charge in [0, 0.05) is 16.9 Å². The summed E-state index contributed by atoms with van der Waals surface area (Å²) in [6, 6.07) is 6.17. The van der Waals surface area contributed by atoms with Crippen LogP contribution in [-0.2, 0) is 10.0 Å². The fraction of sp³-hybridized carbons (Fsp3) is 0.538. The molecule has 0 bridgehead atoms. The predicted molar refractivity (Wildman–Crippen MR) is 80.4 cm³/mol. The van der Waals surface area contributed by atoms with E-state index in [9.17, 15) is 8.42 Å². The summed E-state index contributed by atoms with van der Waals surface area (Å²) in [6.07, 6.45) is 1.87. The van der Waals surface area contributed by atoms with Crippen molar-refractivity contribution in [3.63, 3.8) is 0 Å². The van der Waals surface area contributed by atoms with Gasteiger partial charge in [0.2, 0.25) is 10.0 Å². The Kier molecular flexibility index (Phi) is 6.60. The Morgan fingerprint density at radius 1 is 1.26 bits per heavy atom. The third-order valence-electron chi connectivity index (χ3n) is 3.14. The van der Waals surface area contributed by atoms with Crippen LogP contribution in [0.2, 0.25) is 5.02 Å². The summed E-state index contributed by atoms with van der Waals surface area (Å²) in [5.41, 5.74) is 0. The summed E-state index contributed by atoms with van der Waals surface area (Å²) < 4.78 is 26.7. The van der Waals surface area contributed by atoms with Crippen molar-refractivity contribution in [1.82, 2.24) is 4.72 Å². The molecule has 0 spiro atoms. The van der Waals surface area contributed by atoms with Gasteiger partial charge in [-0.05, 0) is 24.1 Å². The lowest BCUT2D eigenvalue weighted by atomic mass is 9.99. The Bertz CT molecular complexity index is 501. The standard InChI is InChI=1S/C13H19Cl2NO2S/c1-3-10(4-2)13(15)9-16-19(17,18)12-7-5-6-11(14)8-12/h5-8,10,13,16H,3-4,9H2,1-2H3. The summed E-state index contributed by atoms with van der Waals surface area (Å²) in [6.45, 7) is 4.33. The molecule has 108 valence electrons. The van der Waals surface area contributed by atoms with Gasteiger partial charge < -0.3 is 0 Å². The maximum atomic E-state index is 12.1. The fourth-order valence-corrected chi connectivity index (χ4v) is 3.76. The van der Waals surface area contributed by atoms with Crippen LogP contribution in [0.3, 0.4) is 0 Å². The topological polar surface area (TPSA) is 46.2 Å². The molecule has 0 aliphatic carbocycles. The largest absolute Gasteiger partial charge is 0.240 e. The van der Waals surface area contributed by atoms with Crippen LogP contribution in [0.5, 0.6) is 0 Å². The first-order valence-electron chi connectivity index (χ1n) is 6.30. The van der Waals surface area contributed by atoms with Crippen molar-refractivity contribution < 1.29 is 8.42 Å². The van der Waals surface area contributed by atoms with Crippen LogP contribution < -0.4 is 4.72 Å². The van der Waals surface area contributed by atoms with Gasteiger partial charge in [-0.2, -0.15) is 0 Å². The molecule has 3 nitrogen and oxygen atoms in total. The zero-order valence-corrected chi connectivity index (χ0v) is 13.4. The lowest BCUT2D eigenvalue weighted by Crippen LogP contribution is -2.33. The highest BCUT2D eigenvalue weighted by Gasteiger charge is 2.20. The van der Waals surface area contributed by atoms with E-state index in [-0.39, 0.29) is 16.8 Å². The molecule has 0 saturated heterocycles. The smallest absolute Gasteiger partial charge is 0.210 e. The van der Waals surface area contributed by atoms with E-state index in [1.807, 2.05) is 0 Å². The first kappa shape index (κ1) is 16.8. The van der Waals surface area contributed by atoms with Crippen LogP contribution in [0.15, 0.2) is 29.2 Å². The molecular formula is C13H19Cl2NO2S. The van der Waals surface area contributed by atoms with Crippen molar-refractivity contribution in [2.75, 3.05) is 6.54 Å². The molecule has 19 heavy (non-hydrogen) atoms. The number of hydrogen-bond acceptors (Lipinski definition) is 2. The van der Waals surface area contributed by atoms with Gasteiger partial charge in [-0.1, -0.05) is 44.4 Å². The fourth-order valence-electron chi connectivity index (χ4n) is 1.87. The van der Waals surface area contributed by atoms with Gasteiger partial charge in [-0.3, -0.25) is 0 Å². The molecule has 1 aromatic rings. The molecule has 6 heteroatoms. The summed E-state index contributed by atoms with van der Waals surface area (Å²) in [7, 11) is -3.55. The van der Waals surface area contributed by atoms with Crippen LogP contribution in [0, 0.1) is 5.92 Å². The van der Waals surface area contributed by atoms with Crippen molar-refractivity contribution in [3.8, 4) is 0 Å².